The first kappa shape index (κ1) is 41.5. The SMILES string of the molecule is C=C(/C=C\C(=C/C)c1ccc(N(c2ccccc2)c2cccc(/C=C/C=C/c3ccc(C)cc3)c2)cc1)N(c1ccccc1)c1cccc(/C=C/C=C/c2ccc(C)cc2)c1. The lowest BCUT2D eigenvalue weighted by molar-refractivity contribution is 1.22. The minimum absolute atomic E-state index is 0.859. The van der Waals surface area contributed by atoms with Crippen LogP contribution in [0.2, 0.25) is 0 Å². The molecule has 0 aromatic heterocycles. The lowest BCUT2D eigenvalue weighted by Gasteiger charge is -2.26. The Morgan fingerprint density at radius 1 is 0.410 bits per heavy atom. The number of nitrogens with zero attached hydrogens (tertiary/aromatic N) is 2. The highest BCUT2D eigenvalue weighted by Crippen LogP contribution is 2.36. The van der Waals surface area contributed by atoms with Crippen molar-refractivity contribution < 1.29 is 0 Å². The van der Waals surface area contributed by atoms with Crippen LogP contribution in [0.3, 0.4) is 0 Å². The smallest absolute Gasteiger partial charge is 0.0467 e. The van der Waals surface area contributed by atoms with Gasteiger partial charge < -0.3 is 9.80 Å². The van der Waals surface area contributed by atoms with Gasteiger partial charge >= 0.3 is 0 Å². The fraction of sp³-hybridized carbons (Fsp3) is 0.0508. The average molecular weight is 789 g/mol. The van der Waals surface area contributed by atoms with Crippen LogP contribution in [0.4, 0.5) is 28.4 Å². The Labute approximate surface area is 363 Å². The number of rotatable bonds is 15. The fourth-order valence-corrected chi connectivity index (χ4v) is 7.06. The highest BCUT2D eigenvalue weighted by Gasteiger charge is 2.14. The molecule has 0 aliphatic rings. The molecule has 0 fully saturated rings. The summed E-state index contributed by atoms with van der Waals surface area (Å²) >= 11 is 0. The summed E-state index contributed by atoms with van der Waals surface area (Å²) in [5.74, 6) is 0. The molecule has 7 rings (SSSR count). The Balaban J connectivity index is 1.09. The summed E-state index contributed by atoms with van der Waals surface area (Å²) in [5.41, 5.74) is 15.6. The summed E-state index contributed by atoms with van der Waals surface area (Å²) < 4.78 is 0. The van der Waals surface area contributed by atoms with Gasteiger partial charge in [-0.15, -0.1) is 0 Å². The van der Waals surface area contributed by atoms with E-state index in [1.165, 1.54) is 22.3 Å². The van der Waals surface area contributed by atoms with E-state index in [9.17, 15) is 0 Å². The van der Waals surface area contributed by atoms with E-state index in [4.69, 9.17) is 0 Å². The first-order chi connectivity index (χ1) is 29.9. The first-order valence-corrected chi connectivity index (χ1v) is 20.8. The molecular formula is C59H52N2. The van der Waals surface area contributed by atoms with Crippen LogP contribution < -0.4 is 9.80 Å². The third kappa shape index (κ3) is 11.5. The van der Waals surface area contributed by atoms with Crippen LogP contribution in [0, 0.1) is 13.8 Å². The predicted octanol–water partition coefficient (Wildman–Crippen LogP) is 16.5. The summed E-state index contributed by atoms with van der Waals surface area (Å²) in [6.07, 6.45) is 23.3. The summed E-state index contributed by atoms with van der Waals surface area (Å²) in [5, 5.41) is 0. The Hall–Kier alpha value is -7.68. The minimum Gasteiger partial charge on any atom is -0.311 e. The molecule has 0 heterocycles. The summed E-state index contributed by atoms with van der Waals surface area (Å²) in [6, 6.07) is 64.1. The topological polar surface area (TPSA) is 6.48 Å². The molecule has 298 valence electrons. The molecule has 7 aromatic rings. The van der Waals surface area contributed by atoms with Crippen LogP contribution in [0.25, 0.3) is 29.9 Å². The molecule has 0 aliphatic heterocycles. The monoisotopic (exact) mass is 788 g/mol. The summed E-state index contributed by atoms with van der Waals surface area (Å²) in [7, 11) is 0. The van der Waals surface area contributed by atoms with Crippen LogP contribution >= 0.6 is 0 Å². The lowest BCUT2D eigenvalue weighted by Crippen LogP contribution is -2.14. The third-order valence-electron chi connectivity index (χ3n) is 10.3. The summed E-state index contributed by atoms with van der Waals surface area (Å²) in [4.78, 5) is 4.51. The molecule has 0 bridgehead atoms. The van der Waals surface area contributed by atoms with Gasteiger partial charge in [-0.2, -0.15) is 0 Å². The Bertz CT molecular complexity index is 2690. The molecule has 0 saturated carbocycles. The molecule has 61 heavy (non-hydrogen) atoms. The third-order valence-corrected chi connectivity index (χ3v) is 10.3. The largest absolute Gasteiger partial charge is 0.311 e. The van der Waals surface area contributed by atoms with Gasteiger partial charge in [-0.05, 0) is 121 Å². The molecule has 2 nitrogen and oxygen atoms in total. The maximum Gasteiger partial charge on any atom is 0.0467 e. The highest BCUT2D eigenvalue weighted by molar-refractivity contribution is 5.81. The summed E-state index contributed by atoms with van der Waals surface area (Å²) in [6.45, 7) is 10.9. The van der Waals surface area contributed by atoms with Crippen molar-refractivity contribution in [2.75, 3.05) is 9.80 Å². The molecule has 0 N–H and O–H groups in total. The predicted molar refractivity (Wildman–Crippen MR) is 267 cm³/mol. The second kappa shape index (κ2) is 20.8. The number of benzene rings is 7. The molecule has 0 radical (unpaired) electrons. The second-order valence-electron chi connectivity index (χ2n) is 14.9. The van der Waals surface area contributed by atoms with Crippen LogP contribution in [0.15, 0.2) is 237 Å². The van der Waals surface area contributed by atoms with Gasteiger partial charge in [0.25, 0.3) is 0 Å². The van der Waals surface area contributed by atoms with Gasteiger partial charge in [0.15, 0.2) is 0 Å². The second-order valence-corrected chi connectivity index (χ2v) is 14.9. The average Bonchev–Trinajstić information content (AvgIpc) is 3.30. The van der Waals surface area contributed by atoms with E-state index in [0.29, 0.717) is 0 Å². The quantitative estimate of drug-likeness (QED) is 0.0955. The van der Waals surface area contributed by atoms with E-state index < -0.39 is 0 Å². The number of allylic oxidation sites excluding steroid dienone is 8. The maximum atomic E-state index is 4.57. The standard InChI is InChI=1S/C59H52N2/c1-5-53(39-34-48(4)60(55-24-8-6-9-25-55)58-28-16-22-51(44-58)20-14-12-18-49-35-30-46(2)31-36-49)54-40-42-57(43-41-54)61(56-26-10-7-11-27-56)59-29-17-23-52(45-59)21-15-13-19-50-37-32-47(3)33-38-50/h5-45H,4H2,1-3H3/b18-12+,19-13+,20-14+,21-15+,39-34-,53-5+. The van der Waals surface area contributed by atoms with Crippen LogP contribution in [0.1, 0.15) is 45.9 Å². The lowest BCUT2D eigenvalue weighted by atomic mass is 10.0. The molecule has 0 saturated heterocycles. The first-order valence-electron chi connectivity index (χ1n) is 20.8. The van der Waals surface area contributed by atoms with Gasteiger partial charge in [0, 0.05) is 34.1 Å². The maximum absolute atomic E-state index is 4.57. The number of para-hydroxylation sites is 2. The molecule has 0 amide bonds. The molecule has 0 spiro atoms. The normalized spacial score (nSPS) is 12.0. The van der Waals surface area contributed by atoms with Gasteiger partial charge in [-0.25, -0.2) is 0 Å². The van der Waals surface area contributed by atoms with E-state index in [2.05, 4.69) is 280 Å². The van der Waals surface area contributed by atoms with Gasteiger partial charge in [0.2, 0.25) is 0 Å². The Morgan fingerprint density at radius 3 is 1.38 bits per heavy atom. The van der Waals surface area contributed by atoms with Gasteiger partial charge in [0.1, 0.15) is 0 Å². The zero-order valence-corrected chi connectivity index (χ0v) is 35.3. The van der Waals surface area contributed by atoms with E-state index in [1.54, 1.807) is 0 Å². The fourth-order valence-electron chi connectivity index (χ4n) is 7.06. The Kier molecular flexibility index (Phi) is 14.2. The van der Waals surface area contributed by atoms with Crippen LogP contribution in [0.5, 0.6) is 0 Å². The van der Waals surface area contributed by atoms with Crippen molar-refractivity contribution in [1.82, 2.24) is 0 Å². The van der Waals surface area contributed by atoms with Gasteiger partial charge in [-0.1, -0.05) is 200 Å². The molecular weight excluding hydrogens is 737 g/mol. The number of hydrogen-bond donors (Lipinski definition) is 0. The number of aryl methyl sites for hydroxylation is 2. The minimum atomic E-state index is 0.859. The van der Waals surface area contributed by atoms with Crippen LogP contribution in [-0.4, -0.2) is 0 Å². The molecule has 0 aliphatic carbocycles. The number of hydrogen-bond acceptors (Lipinski definition) is 2. The van der Waals surface area contributed by atoms with Gasteiger partial charge in [0.05, 0.1) is 0 Å². The molecule has 7 aromatic carbocycles. The highest BCUT2D eigenvalue weighted by atomic mass is 15.1. The zero-order chi connectivity index (χ0) is 42.2. The molecule has 2 heteroatoms. The number of anilines is 5. The van der Waals surface area contributed by atoms with Crippen molar-refractivity contribution in [3.8, 4) is 0 Å². The van der Waals surface area contributed by atoms with Crippen LogP contribution in [-0.2, 0) is 0 Å². The van der Waals surface area contributed by atoms with Gasteiger partial charge in [-0.3, -0.25) is 0 Å². The molecule has 0 atom stereocenters. The Morgan fingerprint density at radius 2 is 0.852 bits per heavy atom. The van der Waals surface area contributed by atoms with Crippen molar-refractivity contribution in [3.05, 3.63) is 276 Å². The van der Waals surface area contributed by atoms with Crippen molar-refractivity contribution in [2.24, 2.45) is 0 Å². The molecule has 0 unspecified atom stereocenters. The van der Waals surface area contributed by atoms with E-state index in [-0.39, 0.29) is 0 Å². The van der Waals surface area contributed by atoms with Crippen molar-refractivity contribution in [2.45, 2.75) is 20.8 Å². The van der Waals surface area contributed by atoms with E-state index >= 15 is 0 Å². The van der Waals surface area contributed by atoms with E-state index in [1.807, 2.05) is 6.07 Å². The van der Waals surface area contributed by atoms with E-state index in [0.717, 1.165) is 56.4 Å². The van der Waals surface area contributed by atoms with Crippen molar-refractivity contribution >= 4 is 58.3 Å². The zero-order valence-electron chi connectivity index (χ0n) is 35.3. The van der Waals surface area contributed by atoms with Crippen molar-refractivity contribution in [3.63, 3.8) is 0 Å². The van der Waals surface area contributed by atoms with Crippen molar-refractivity contribution in [1.29, 1.82) is 0 Å².